The zero-order chi connectivity index (χ0) is 10.1. The van der Waals surface area contributed by atoms with Crippen LogP contribution in [0.1, 0.15) is 11.1 Å². The van der Waals surface area contributed by atoms with Crippen molar-refractivity contribution in [3.8, 4) is 0 Å². The summed E-state index contributed by atoms with van der Waals surface area (Å²) in [4.78, 5) is -0.111. The predicted octanol–water partition coefficient (Wildman–Crippen LogP) is 0.700. The Morgan fingerprint density at radius 2 is 2.08 bits per heavy atom. The lowest BCUT2D eigenvalue weighted by Crippen LogP contribution is -2.07. The fourth-order valence-corrected chi connectivity index (χ4v) is 1.83. The van der Waals surface area contributed by atoms with Gasteiger partial charge in [0.15, 0.2) is 0 Å². The lowest BCUT2D eigenvalue weighted by molar-refractivity contribution is 0.482. The molecule has 0 aliphatic rings. The van der Waals surface area contributed by atoms with Crippen LogP contribution in [0.2, 0.25) is 0 Å². The summed E-state index contributed by atoms with van der Waals surface area (Å²) in [5.74, 6) is 0. The highest BCUT2D eigenvalue weighted by Crippen LogP contribution is 2.16. The second-order valence-electron chi connectivity index (χ2n) is 2.79. The van der Waals surface area contributed by atoms with E-state index in [0.29, 0.717) is 5.56 Å². The normalized spacial score (nSPS) is 11.6. The first-order valence-electron chi connectivity index (χ1n) is 3.72. The SMILES string of the molecule is Cc1ccc(S(=O)(=O)O)c(CN)c1. The van der Waals surface area contributed by atoms with Gasteiger partial charge in [-0.1, -0.05) is 17.7 Å². The van der Waals surface area contributed by atoms with E-state index < -0.39 is 10.1 Å². The molecule has 0 saturated heterocycles. The van der Waals surface area contributed by atoms with Gasteiger partial charge in [0, 0.05) is 6.54 Å². The highest BCUT2D eigenvalue weighted by atomic mass is 32.2. The topological polar surface area (TPSA) is 80.4 Å². The lowest BCUT2D eigenvalue weighted by atomic mass is 10.1. The van der Waals surface area contributed by atoms with Crippen LogP contribution in [0.5, 0.6) is 0 Å². The second kappa shape index (κ2) is 3.45. The Morgan fingerprint density at radius 1 is 1.46 bits per heavy atom. The zero-order valence-corrected chi connectivity index (χ0v) is 8.00. The van der Waals surface area contributed by atoms with Gasteiger partial charge in [0.1, 0.15) is 0 Å². The molecule has 0 spiro atoms. The van der Waals surface area contributed by atoms with Gasteiger partial charge in [-0.2, -0.15) is 8.42 Å². The van der Waals surface area contributed by atoms with Crippen LogP contribution in [-0.4, -0.2) is 13.0 Å². The molecule has 0 atom stereocenters. The number of hydrogen-bond donors (Lipinski definition) is 2. The summed E-state index contributed by atoms with van der Waals surface area (Å²) >= 11 is 0. The number of rotatable bonds is 2. The molecule has 5 heteroatoms. The summed E-state index contributed by atoms with van der Waals surface area (Å²) in [6, 6.07) is 4.61. The van der Waals surface area contributed by atoms with E-state index in [9.17, 15) is 8.42 Å². The molecule has 0 radical (unpaired) electrons. The fraction of sp³-hybridized carbons (Fsp3) is 0.250. The van der Waals surface area contributed by atoms with E-state index in [1.807, 2.05) is 6.92 Å². The van der Waals surface area contributed by atoms with Crippen LogP contribution in [0.25, 0.3) is 0 Å². The minimum atomic E-state index is -4.14. The summed E-state index contributed by atoms with van der Waals surface area (Å²) in [7, 11) is -4.14. The minimum absolute atomic E-state index is 0.0941. The van der Waals surface area contributed by atoms with Crippen LogP contribution >= 0.6 is 0 Å². The maximum Gasteiger partial charge on any atom is 0.294 e. The van der Waals surface area contributed by atoms with E-state index >= 15 is 0 Å². The van der Waals surface area contributed by atoms with Crippen LogP contribution in [0.4, 0.5) is 0 Å². The average molecular weight is 201 g/mol. The van der Waals surface area contributed by atoms with Crippen molar-refractivity contribution in [1.29, 1.82) is 0 Å². The van der Waals surface area contributed by atoms with Crippen molar-refractivity contribution in [1.82, 2.24) is 0 Å². The van der Waals surface area contributed by atoms with E-state index in [1.165, 1.54) is 6.07 Å². The van der Waals surface area contributed by atoms with Crippen LogP contribution in [0.3, 0.4) is 0 Å². The van der Waals surface area contributed by atoms with Crippen molar-refractivity contribution >= 4 is 10.1 Å². The van der Waals surface area contributed by atoms with Crippen LogP contribution in [0.15, 0.2) is 23.1 Å². The first kappa shape index (κ1) is 10.2. The van der Waals surface area contributed by atoms with E-state index in [0.717, 1.165) is 5.56 Å². The maximum absolute atomic E-state index is 10.8. The van der Waals surface area contributed by atoms with Crippen molar-refractivity contribution in [2.45, 2.75) is 18.4 Å². The summed E-state index contributed by atoms with van der Waals surface area (Å²) in [5, 5.41) is 0. The first-order chi connectivity index (χ1) is 5.95. The van der Waals surface area contributed by atoms with Crippen molar-refractivity contribution < 1.29 is 13.0 Å². The second-order valence-corrected chi connectivity index (χ2v) is 4.18. The molecule has 4 nitrogen and oxygen atoms in total. The third-order valence-electron chi connectivity index (χ3n) is 1.71. The summed E-state index contributed by atoms with van der Waals surface area (Å²) in [6.07, 6.45) is 0. The molecule has 0 heterocycles. The molecule has 0 aromatic heterocycles. The quantitative estimate of drug-likeness (QED) is 0.690. The summed E-state index contributed by atoms with van der Waals surface area (Å²) < 4.78 is 30.5. The van der Waals surface area contributed by atoms with Crippen molar-refractivity contribution in [2.24, 2.45) is 5.73 Å². The van der Waals surface area contributed by atoms with Gasteiger partial charge in [-0.25, -0.2) is 0 Å². The molecule has 0 amide bonds. The third kappa shape index (κ3) is 2.27. The number of aryl methyl sites for hydroxylation is 1. The molecule has 3 N–H and O–H groups in total. The van der Waals surface area contributed by atoms with Gasteiger partial charge >= 0.3 is 0 Å². The molecule has 0 fully saturated rings. The van der Waals surface area contributed by atoms with Gasteiger partial charge in [-0.3, -0.25) is 4.55 Å². The van der Waals surface area contributed by atoms with E-state index in [1.54, 1.807) is 12.1 Å². The average Bonchev–Trinajstić information content (AvgIpc) is 2.01. The molecule has 1 rings (SSSR count). The summed E-state index contributed by atoms with van der Waals surface area (Å²) in [6.45, 7) is 1.92. The Morgan fingerprint density at radius 3 is 2.54 bits per heavy atom. The van der Waals surface area contributed by atoms with Crippen molar-refractivity contribution in [3.63, 3.8) is 0 Å². The monoisotopic (exact) mass is 201 g/mol. The van der Waals surface area contributed by atoms with Crippen molar-refractivity contribution in [2.75, 3.05) is 0 Å². The van der Waals surface area contributed by atoms with Crippen LogP contribution in [-0.2, 0) is 16.7 Å². The van der Waals surface area contributed by atoms with Gasteiger partial charge in [0.2, 0.25) is 0 Å². The van der Waals surface area contributed by atoms with Gasteiger partial charge in [0.05, 0.1) is 4.90 Å². The molecule has 0 saturated carbocycles. The highest BCUT2D eigenvalue weighted by molar-refractivity contribution is 7.85. The standard InChI is InChI=1S/C8H11NO3S/c1-6-2-3-8(13(10,11)12)7(4-6)5-9/h2-4H,5,9H2,1H3,(H,10,11,12). The third-order valence-corrected chi connectivity index (χ3v) is 2.67. The van der Waals surface area contributed by atoms with Gasteiger partial charge in [0.25, 0.3) is 10.1 Å². The molecule has 0 bridgehead atoms. The largest absolute Gasteiger partial charge is 0.326 e. The zero-order valence-electron chi connectivity index (χ0n) is 7.19. The fourth-order valence-electron chi connectivity index (χ4n) is 1.12. The first-order valence-corrected chi connectivity index (χ1v) is 5.16. The molecule has 1 aromatic rings. The number of benzene rings is 1. The summed E-state index contributed by atoms with van der Waals surface area (Å²) in [5.41, 5.74) is 6.68. The Labute approximate surface area is 77.1 Å². The Kier molecular flexibility index (Phi) is 2.70. The van der Waals surface area contributed by atoms with Crippen LogP contribution < -0.4 is 5.73 Å². The number of nitrogens with two attached hydrogens (primary N) is 1. The molecule has 0 aliphatic heterocycles. The molecule has 72 valence electrons. The molecule has 0 unspecified atom stereocenters. The van der Waals surface area contributed by atoms with Gasteiger partial charge < -0.3 is 5.73 Å². The Balaban J connectivity index is 3.39. The lowest BCUT2D eigenvalue weighted by Gasteiger charge is -2.04. The molecule has 13 heavy (non-hydrogen) atoms. The maximum atomic E-state index is 10.8. The smallest absolute Gasteiger partial charge is 0.294 e. The number of hydrogen-bond acceptors (Lipinski definition) is 3. The minimum Gasteiger partial charge on any atom is -0.326 e. The molecule has 0 aliphatic carbocycles. The highest BCUT2D eigenvalue weighted by Gasteiger charge is 2.13. The Hall–Kier alpha value is -0.910. The molecular weight excluding hydrogens is 190 g/mol. The Bertz CT molecular complexity index is 411. The van der Waals surface area contributed by atoms with Crippen molar-refractivity contribution in [3.05, 3.63) is 29.3 Å². The predicted molar refractivity (Wildman–Crippen MR) is 48.9 cm³/mol. The van der Waals surface area contributed by atoms with Gasteiger partial charge in [-0.05, 0) is 18.6 Å². The van der Waals surface area contributed by atoms with E-state index in [4.69, 9.17) is 10.3 Å². The van der Waals surface area contributed by atoms with Gasteiger partial charge in [-0.15, -0.1) is 0 Å². The van der Waals surface area contributed by atoms with Crippen LogP contribution in [0, 0.1) is 6.92 Å². The molecule has 1 aromatic carbocycles. The van der Waals surface area contributed by atoms with E-state index in [-0.39, 0.29) is 11.4 Å². The molecular formula is C8H11NO3S. The van der Waals surface area contributed by atoms with E-state index in [2.05, 4.69) is 0 Å².